The van der Waals surface area contributed by atoms with Gasteiger partial charge in [-0.3, -0.25) is 4.79 Å². The average Bonchev–Trinajstić information content (AvgIpc) is 3.05. The fraction of sp³-hybridized carbons (Fsp3) is 0.474. The SMILES string of the molecule is CCN(CC)c1ccc(NC(=O)C2CCn3cncc3C2)c(C)c1. The number of aromatic nitrogens is 2. The van der Waals surface area contributed by atoms with E-state index in [0.717, 1.165) is 49.4 Å². The van der Waals surface area contributed by atoms with E-state index in [0.29, 0.717) is 0 Å². The van der Waals surface area contributed by atoms with Gasteiger partial charge in [-0.25, -0.2) is 4.98 Å². The van der Waals surface area contributed by atoms with Crippen LogP contribution in [0, 0.1) is 12.8 Å². The molecule has 0 fully saturated rings. The number of hydrogen-bond donors (Lipinski definition) is 1. The van der Waals surface area contributed by atoms with Crippen LogP contribution in [0.1, 0.15) is 31.5 Å². The molecule has 2 heterocycles. The molecule has 0 spiro atoms. The van der Waals surface area contributed by atoms with Crippen LogP contribution in [0.25, 0.3) is 0 Å². The second kappa shape index (κ2) is 7.07. The number of aryl methyl sites for hydroxylation is 2. The Labute approximate surface area is 143 Å². The summed E-state index contributed by atoms with van der Waals surface area (Å²) in [6.07, 6.45) is 5.34. The molecule has 0 bridgehead atoms. The van der Waals surface area contributed by atoms with Crippen LogP contribution in [-0.2, 0) is 17.8 Å². The van der Waals surface area contributed by atoms with E-state index in [4.69, 9.17) is 0 Å². The van der Waals surface area contributed by atoms with Crippen molar-refractivity contribution in [3.63, 3.8) is 0 Å². The Balaban J connectivity index is 1.69. The smallest absolute Gasteiger partial charge is 0.227 e. The second-order valence-electron chi connectivity index (χ2n) is 6.43. The predicted molar refractivity (Wildman–Crippen MR) is 97.4 cm³/mol. The molecule has 0 saturated carbocycles. The Morgan fingerprint density at radius 3 is 2.88 bits per heavy atom. The van der Waals surface area contributed by atoms with E-state index in [1.165, 1.54) is 5.69 Å². The Hall–Kier alpha value is -2.30. The molecule has 24 heavy (non-hydrogen) atoms. The Morgan fingerprint density at radius 2 is 2.17 bits per heavy atom. The molecular weight excluding hydrogens is 300 g/mol. The van der Waals surface area contributed by atoms with Gasteiger partial charge < -0.3 is 14.8 Å². The first-order valence-electron chi connectivity index (χ1n) is 8.77. The lowest BCUT2D eigenvalue weighted by atomic mass is 9.95. The summed E-state index contributed by atoms with van der Waals surface area (Å²) >= 11 is 0. The zero-order chi connectivity index (χ0) is 17.1. The summed E-state index contributed by atoms with van der Waals surface area (Å²) in [5, 5.41) is 3.12. The number of nitrogens with zero attached hydrogens (tertiary/aromatic N) is 3. The molecular formula is C19H26N4O. The fourth-order valence-corrected chi connectivity index (χ4v) is 3.40. The summed E-state index contributed by atoms with van der Waals surface area (Å²) in [6.45, 7) is 9.20. The number of amides is 1. The largest absolute Gasteiger partial charge is 0.372 e. The van der Waals surface area contributed by atoms with E-state index in [-0.39, 0.29) is 11.8 Å². The zero-order valence-electron chi connectivity index (χ0n) is 14.7. The monoisotopic (exact) mass is 326 g/mol. The summed E-state index contributed by atoms with van der Waals surface area (Å²) in [6, 6.07) is 6.26. The first-order chi connectivity index (χ1) is 11.6. The lowest BCUT2D eigenvalue weighted by Crippen LogP contribution is -2.30. The highest BCUT2D eigenvalue weighted by Gasteiger charge is 2.25. The van der Waals surface area contributed by atoms with Crippen LogP contribution in [-0.4, -0.2) is 28.5 Å². The number of fused-ring (bicyclic) bond motifs is 1. The van der Waals surface area contributed by atoms with Gasteiger partial charge in [0, 0.05) is 55.2 Å². The van der Waals surface area contributed by atoms with Gasteiger partial charge in [0.25, 0.3) is 0 Å². The molecule has 1 unspecified atom stereocenters. The molecule has 5 heteroatoms. The third-order valence-electron chi connectivity index (χ3n) is 4.94. The van der Waals surface area contributed by atoms with Gasteiger partial charge in [0.15, 0.2) is 0 Å². The minimum atomic E-state index is 0.0241. The summed E-state index contributed by atoms with van der Waals surface area (Å²) in [4.78, 5) is 19.1. The first-order valence-corrected chi connectivity index (χ1v) is 8.77. The summed E-state index contributed by atoms with van der Waals surface area (Å²) in [5.41, 5.74) is 4.37. The van der Waals surface area contributed by atoms with Gasteiger partial charge in [0.05, 0.1) is 6.33 Å². The van der Waals surface area contributed by atoms with E-state index in [1.807, 2.05) is 18.6 Å². The van der Waals surface area contributed by atoms with Crippen LogP contribution in [0.4, 0.5) is 11.4 Å². The number of rotatable bonds is 5. The fourth-order valence-electron chi connectivity index (χ4n) is 3.40. The van der Waals surface area contributed by atoms with E-state index < -0.39 is 0 Å². The minimum Gasteiger partial charge on any atom is -0.372 e. The standard InChI is InChI=1S/C19H26N4O/c1-4-22(5-2)16-6-7-18(14(3)10-16)21-19(24)15-8-9-23-13-20-12-17(23)11-15/h6-7,10,12-13,15H,4-5,8-9,11H2,1-3H3,(H,21,24). The molecule has 1 atom stereocenters. The first kappa shape index (κ1) is 16.6. The molecule has 1 amide bonds. The van der Waals surface area contributed by atoms with E-state index >= 15 is 0 Å². The van der Waals surface area contributed by atoms with Crippen molar-refractivity contribution in [2.75, 3.05) is 23.3 Å². The number of anilines is 2. The van der Waals surface area contributed by atoms with E-state index in [2.05, 4.69) is 52.7 Å². The van der Waals surface area contributed by atoms with Crippen molar-refractivity contribution in [3.8, 4) is 0 Å². The van der Waals surface area contributed by atoms with Crippen LogP contribution in [0.3, 0.4) is 0 Å². The average molecular weight is 326 g/mol. The van der Waals surface area contributed by atoms with Gasteiger partial charge >= 0.3 is 0 Å². The van der Waals surface area contributed by atoms with Gasteiger partial charge in [-0.2, -0.15) is 0 Å². The third kappa shape index (κ3) is 3.30. The lowest BCUT2D eigenvalue weighted by molar-refractivity contribution is -0.120. The molecule has 1 aliphatic rings. The Kier molecular flexibility index (Phi) is 4.88. The summed E-state index contributed by atoms with van der Waals surface area (Å²) < 4.78 is 2.13. The topological polar surface area (TPSA) is 50.2 Å². The molecule has 1 aromatic carbocycles. The molecule has 128 valence electrons. The third-order valence-corrected chi connectivity index (χ3v) is 4.94. The number of carbonyl (C=O) groups excluding carboxylic acids is 1. The quantitative estimate of drug-likeness (QED) is 0.918. The van der Waals surface area contributed by atoms with Crippen LogP contribution < -0.4 is 10.2 Å². The molecule has 1 aromatic heterocycles. The Bertz CT molecular complexity index is 718. The number of carbonyl (C=O) groups is 1. The van der Waals surface area contributed by atoms with Gasteiger partial charge in [0.2, 0.25) is 5.91 Å². The molecule has 0 aliphatic carbocycles. The molecule has 5 nitrogen and oxygen atoms in total. The number of nitrogens with one attached hydrogen (secondary N) is 1. The second-order valence-corrected chi connectivity index (χ2v) is 6.43. The molecule has 0 saturated heterocycles. The predicted octanol–water partition coefficient (Wildman–Crippen LogP) is 3.24. The van der Waals surface area contributed by atoms with E-state index in [9.17, 15) is 4.79 Å². The Morgan fingerprint density at radius 1 is 1.38 bits per heavy atom. The van der Waals surface area contributed by atoms with Gasteiger partial charge in [0.1, 0.15) is 0 Å². The highest BCUT2D eigenvalue weighted by molar-refractivity contribution is 5.93. The van der Waals surface area contributed by atoms with Crippen molar-refractivity contribution in [2.24, 2.45) is 5.92 Å². The zero-order valence-corrected chi connectivity index (χ0v) is 14.7. The molecule has 1 N–H and O–H groups in total. The number of imidazole rings is 1. The lowest BCUT2D eigenvalue weighted by Gasteiger charge is -2.24. The molecule has 1 aliphatic heterocycles. The van der Waals surface area contributed by atoms with Crippen molar-refractivity contribution >= 4 is 17.3 Å². The van der Waals surface area contributed by atoms with Crippen LogP contribution in [0.5, 0.6) is 0 Å². The van der Waals surface area contributed by atoms with E-state index in [1.54, 1.807) is 0 Å². The van der Waals surface area contributed by atoms with Gasteiger partial charge in [-0.1, -0.05) is 0 Å². The van der Waals surface area contributed by atoms with Crippen molar-refractivity contribution in [3.05, 3.63) is 42.0 Å². The maximum Gasteiger partial charge on any atom is 0.227 e. The van der Waals surface area contributed by atoms with Crippen LogP contribution in [0.15, 0.2) is 30.7 Å². The van der Waals surface area contributed by atoms with Crippen molar-refractivity contribution < 1.29 is 4.79 Å². The van der Waals surface area contributed by atoms with Crippen LogP contribution in [0.2, 0.25) is 0 Å². The molecule has 0 radical (unpaired) electrons. The highest BCUT2D eigenvalue weighted by Crippen LogP contribution is 2.25. The normalized spacial score (nSPS) is 16.5. The maximum atomic E-state index is 12.6. The molecule has 3 rings (SSSR count). The minimum absolute atomic E-state index is 0.0241. The van der Waals surface area contributed by atoms with Crippen molar-refractivity contribution in [2.45, 2.75) is 40.2 Å². The number of benzene rings is 1. The number of hydrogen-bond acceptors (Lipinski definition) is 3. The highest BCUT2D eigenvalue weighted by atomic mass is 16.1. The van der Waals surface area contributed by atoms with Gasteiger partial charge in [-0.15, -0.1) is 0 Å². The van der Waals surface area contributed by atoms with Crippen LogP contribution >= 0.6 is 0 Å². The molecule has 2 aromatic rings. The van der Waals surface area contributed by atoms with Crippen molar-refractivity contribution in [1.82, 2.24) is 9.55 Å². The van der Waals surface area contributed by atoms with Crippen molar-refractivity contribution in [1.29, 1.82) is 0 Å². The van der Waals surface area contributed by atoms with Gasteiger partial charge in [-0.05, 0) is 51.0 Å². The summed E-state index contributed by atoms with van der Waals surface area (Å²) in [5.74, 6) is 0.136. The summed E-state index contributed by atoms with van der Waals surface area (Å²) in [7, 11) is 0. The maximum absolute atomic E-state index is 12.6.